The van der Waals surface area contributed by atoms with E-state index < -0.39 is 33.6 Å². The molecule has 5 nitrogen and oxygen atoms in total. The van der Waals surface area contributed by atoms with Gasteiger partial charge in [-0.25, -0.2) is 17.2 Å². The van der Waals surface area contributed by atoms with Crippen molar-refractivity contribution in [2.75, 3.05) is 10.6 Å². The number of rotatable bonds is 6. The molecule has 0 bridgehead atoms. The van der Waals surface area contributed by atoms with Crippen molar-refractivity contribution in [3.8, 4) is 0 Å². The maximum absolute atomic E-state index is 13.5. The van der Waals surface area contributed by atoms with Crippen LogP contribution in [0.4, 0.5) is 14.5 Å². The highest BCUT2D eigenvalue weighted by Crippen LogP contribution is 2.23. The zero-order valence-corrected chi connectivity index (χ0v) is 15.4. The van der Waals surface area contributed by atoms with Gasteiger partial charge >= 0.3 is 0 Å². The van der Waals surface area contributed by atoms with Crippen molar-refractivity contribution in [1.29, 1.82) is 0 Å². The molecule has 0 spiro atoms. The molecule has 2 aromatic carbocycles. The van der Waals surface area contributed by atoms with E-state index in [-0.39, 0.29) is 11.7 Å². The number of hydrogen-bond donors (Lipinski definition) is 1. The number of hydrogen-bond acceptors (Lipinski definition) is 3. The van der Waals surface area contributed by atoms with Crippen LogP contribution in [-0.2, 0) is 14.8 Å². The predicted molar refractivity (Wildman–Crippen MR) is 96.1 cm³/mol. The summed E-state index contributed by atoms with van der Waals surface area (Å²) in [6.45, 7) is 3.15. The largest absolute Gasteiger partial charge is 0.348 e. The number of sulfonamides is 1. The molecule has 0 fully saturated rings. The molecule has 0 aliphatic heterocycles. The molecule has 2 atom stereocenters. The first-order valence-electron chi connectivity index (χ1n) is 7.91. The molecule has 0 radical (unpaired) electrons. The standard InChI is InChI=1S/C18H20F2N2O3S/c1-12(14-7-5-4-6-8-14)21-18(23)13(2)22(26(3,24)25)15-9-10-16(19)17(20)11-15/h4-13H,1-3H3,(H,21,23)/t12-,13+/m1/s1. The van der Waals surface area contributed by atoms with E-state index in [2.05, 4.69) is 5.32 Å². The maximum Gasteiger partial charge on any atom is 0.244 e. The number of benzene rings is 2. The molecule has 0 saturated carbocycles. The summed E-state index contributed by atoms with van der Waals surface area (Å²) in [5, 5.41) is 2.73. The lowest BCUT2D eigenvalue weighted by molar-refractivity contribution is -0.122. The van der Waals surface area contributed by atoms with Crippen LogP contribution in [0.15, 0.2) is 48.5 Å². The van der Waals surface area contributed by atoms with Crippen LogP contribution < -0.4 is 9.62 Å². The predicted octanol–water partition coefficient (Wildman–Crippen LogP) is 3.00. The third-order valence-electron chi connectivity index (χ3n) is 3.90. The zero-order chi connectivity index (χ0) is 19.5. The van der Waals surface area contributed by atoms with E-state index in [0.29, 0.717) is 0 Å². The lowest BCUT2D eigenvalue weighted by Gasteiger charge is -2.29. The monoisotopic (exact) mass is 382 g/mol. The Labute approximate surface area is 151 Å². The summed E-state index contributed by atoms with van der Waals surface area (Å²) in [7, 11) is -3.91. The molecule has 1 N–H and O–H groups in total. The summed E-state index contributed by atoms with van der Waals surface area (Å²) in [6, 6.07) is 10.3. The molecule has 0 aromatic heterocycles. The van der Waals surface area contributed by atoms with Crippen LogP contribution in [0.3, 0.4) is 0 Å². The number of amides is 1. The Hall–Kier alpha value is -2.48. The van der Waals surface area contributed by atoms with Gasteiger partial charge in [0.25, 0.3) is 0 Å². The normalized spacial score (nSPS) is 13.7. The molecule has 140 valence electrons. The van der Waals surface area contributed by atoms with Crippen LogP contribution in [-0.4, -0.2) is 26.6 Å². The number of halogens is 2. The fraction of sp³-hybridized carbons (Fsp3) is 0.278. The van der Waals surface area contributed by atoms with Crippen molar-refractivity contribution in [1.82, 2.24) is 5.32 Å². The smallest absolute Gasteiger partial charge is 0.244 e. The van der Waals surface area contributed by atoms with Crippen LogP contribution in [0.2, 0.25) is 0 Å². The summed E-state index contributed by atoms with van der Waals surface area (Å²) >= 11 is 0. The Morgan fingerprint density at radius 3 is 2.19 bits per heavy atom. The Morgan fingerprint density at radius 2 is 1.65 bits per heavy atom. The fourth-order valence-electron chi connectivity index (χ4n) is 2.59. The highest BCUT2D eigenvalue weighted by molar-refractivity contribution is 7.92. The van der Waals surface area contributed by atoms with Crippen LogP contribution >= 0.6 is 0 Å². The minimum Gasteiger partial charge on any atom is -0.348 e. The molecule has 1 amide bonds. The Bertz CT molecular complexity index is 889. The first-order valence-corrected chi connectivity index (χ1v) is 9.76. The third kappa shape index (κ3) is 4.57. The molecule has 0 aliphatic carbocycles. The van der Waals surface area contributed by atoms with Gasteiger partial charge in [-0.1, -0.05) is 30.3 Å². The summed E-state index contributed by atoms with van der Waals surface area (Å²) in [5.74, 6) is -2.85. The van der Waals surface area contributed by atoms with Gasteiger partial charge in [0, 0.05) is 6.07 Å². The minimum absolute atomic E-state index is 0.124. The van der Waals surface area contributed by atoms with Gasteiger partial charge in [-0.2, -0.15) is 0 Å². The fourth-order valence-corrected chi connectivity index (χ4v) is 3.76. The summed E-state index contributed by atoms with van der Waals surface area (Å²) in [4.78, 5) is 12.6. The van der Waals surface area contributed by atoms with E-state index in [4.69, 9.17) is 0 Å². The van der Waals surface area contributed by atoms with Gasteiger partial charge in [0.1, 0.15) is 6.04 Å². The second kappa shape index (κ2) is 7.82. The van der Waals surface area contributed by atoms with Crippen LogP contribution in [0.1, 0.15) is 25.5 Å². The maximum atomic E-state index is 13.5. The molecule has 8 heteroatoms. The van der Waals surface area contributed by atoms with Crippen molar-refractivity contribution in [2.24, 2.45) is 0 Å². The van der Waals surface area contributed by atoms with Crippen molar-refractivity contribution in [3.05, 3.63) is 65.7 Å². The summed E-state index contributed by atoms with van der Waals surface area (Å²) in [5.41, 5.74) is 0.730. The van der Waals surface area contributed by atoms with Gasteiger partial charge in [0.2, 0.25) is 15.9 Å². The Balaban J connectivity index is 2.27. The number of carbonyl (C=O) groups excluding carboxylic acids is 1. The molecule has 0 aliphatic rings. The number of nitrogens with one attached hydrogen (secondary N) is 1. The van der Waals surface area contributed by atoms with E-state index in [1.165, 1.54) is 6.92 Å². The molecule has 26 heavy (non-hydrogen) atoms. The van der Waals surface area contributed by atoms with Crippen molar-refractivity contribution >= 4 is 21.6 Å². The lowest BCUT2D eigenvalue weighted by Crippen LogP contribution is -2.48. The molecular weight excluding hydrogens is 362 g/mol. The van der Waals surface area contributed by atoms with Gasteiger partial charge in [-0.05, 0) is 31.5 Å². The number of anilines is 1. The van der Waals surface area contributed by atoms with E-state index in [9.17, 15) is 22.0 Å². The van der Waals surface area contributed by atoms with Crippen LogP contribution in [0.25, 0.3) is 0 Å². The van der Waals surface area contributed by atoms with Gasteiger partial charge in [-0.3, -0.25) is 9.10 Å². The van der Waals surface area contributed by atoms with Gasteiger partial charge in [0.15, 0.2) is 11.6 Å². The summed E-state index contributed by atoms with van der Waals surface area (Å²) in [6.07, 6.45) is 0.901. The second-order valence-electron chi connectivity index (χ2n) is 5.97. The van der Waals surface area contributed by atoms with Crippen molar-refractivity contribution in [2.45, 2.75) is 25.9 Å². The lowest BCUT2D eigenvalue weighted by atomic mass is 10.1. The average molecular weight is 382 g/mol. The van der Waals surface area contributed by atoms with Gasteiger partial charge < -0.3 is 5.32 Å². The number of nitrogens with zero attached hydrogens (tertiary/aromatic N) is 1. The zero-order valence-electron chi connectivity index (χ0n) is 14.6. The molecular formula is C18H20F2N2O3S. The van der Waals surface area contributed by atoms with Crippen molar-refractivity contribution < 1.29 is 22.0 Å². The van der Waals surface area contributed by atoms with Crippen LogP contribution in [0, 0.1) is 11.6 Å². The van der Waals surface area contributed by atoms with E-state index in [1.54, 1.807) is 6.92 Å². The minimum atomic E-state index is -3.91. The highest BCUT2D eigenvalue weighted by atomic mass is 32.2. The van der Waals surface area contributed by atoms with Crippen molar-refractivity contribution in [3.63, 3.8) is 0 Å². The van der Waals surface area contributed by atoms with E-state index in [0.717, 1.165) is 34.3 Å². The topological polar surface area (TPSA) is 66.5 Å². The van der Waals surface area contributed by atoms with Crippen LogP contribution in [0.5, 0.6) is 0 Å². The Morgan fingerprint density at radius 1 is 1.04 bits per heavy atom. The van der Waals surface area contributed by atoms with E-state index >= 15 is 0 Å². The Kier molecular flexibility index (Phi) is 5.97. The highest BCUT2D eigenvalue weighted by Gasteiger charge is 2.30. The number of carbonyl (C=O) groups is 1. The van der Waals surface area contributed by atoms with Gasteiger partial charge in [-0.15, -0.1) is 0 Å². The van der Waals surface area contributed by atoms with E-state index in [1.807, 2.05) is 30.3 Å². The van der Waals surface area contributed by atoms with Gasteiger partial charge in [0.05, 0.1) is 18.0 Å². The first kappa shape index (κ1) is 19.8. The molecule has 0 saturated heterocycles. The first-order chi connectivity index (χ1) is 12.1. The second-order valence-corrected chi connectivity index (χ2v) is 7.83. The molecule has 0 heterocycles. The average Bonchev–Trinajstić information content (AvgIpc) is 2.57. The summed E-state index contributed by atoms with van der Waals surface area (Å²) < 4.78 is 51.8. The quantitative estimate of drug-likeness (QED) is 0.835. The molecule has 2 rings (SSSR count). The third-order valence-corrected chi connectivity index (χ3v) is 5.15. The molecule has 0 unspecified atom stereocenters. The molecule has 2 aromatic rings. The SMILES string of the molecule is C[C@@H](NC(=O)[C@H](C)N(c1ccc(F)c(F)c1)S(C)(=O)=O)c1ccccc1.